The lowest BCUT2D eigenvalue weighted by molar-refractivity contribution is -0.117. The van der Waals surface area contributed by atoms with Gasteiger partial charge < -0.3 is 26.8 Å². The molecule has 0 bridgehead atoms. The van der Waals surface area contributed by atoms with Crippen LogP contribution in [0, 0.1) is 12.3 Å². The van der Waals surface area contributed by atoms with Gasteiger partial charge in [-0.2, -0.15) is 0 Å². The van der Waals surface area contributed by atoms with Crippen molar-refractivity contribution < 1.29 is 14.7 Å². The Morgan fingerprint density at radius 1 is 1.16 bits per heavy atom. The first-order valence-electron chi connectivity index (χ1n) is 10.4. The van der Waals surface area contributed by atoms with E-state index in [0.717, 1.165) is 36.9 Å². The number of nitrogens with zero attached hydrogens (tertiary/aromatic N) is 1. The normalized spacial score (nSPS) is 13.3. The minimum Gasteiger partial charge on any atom is -0.508 e. The van der Waals surface area contributed by atoms with Crippen LogP contribution in [-0.2, 0) is 11.3 Å². The van der Waals surface area contributed by atoms with Crippen LogP contribution in [0.4, 0.5) is 5.69 Å². The number of amides is 2. The van der Waals surface area contributed by atoms with Crippen molar-refractivity contribution in [2.75, 3.05) is 11.4 Å². The predicted octanol–water partition coefficient (Wildman–Crippen LogP) is 2.57. The second-order valence-corrected chi connectivity index (χ2v) is 7.85. The van der Waals surface area contributed by atoms with Crippen LogP contribution >= 0.6 is 12.4 Å². The maximum atomic E-state index is 12.7. The molecule has 2 amide bonds. The number of aromatic hydroxyl groups is 1. The molecule has 0 aliphatic heterocycles. The number of rotatable bonds is 7. The van der Waals surface area contributed by atoms with Gasteiger partial charge in [0.1, 0.15) is 11.6 Å². The number of phenols is 1. The van der Waals surface area contributed by atoms with E-state index in [2.05, 4.69) is 5.32 Å². The van der Waals surface area contributed by atoms with Gasteiger partial charge in [-0.1, -0.05) is 12.8 Å². The van der Waals surface area contributed by atoms with Crippen molar-refractivity contribution in [3.8, 4) is 5.75 Å². The zero-order chi connectivity index (χ0) is 22.5. The number of carbonyl (C=O) groups is 2. The average molecular weight is 460 g/mol. The molecule has 1 saturated carbocycles. The Labute approximate surface area is 193 Å². The van der Waals surface area contributed by atoms with Crippen LogP contribution < -0.4 is 21.7 Å². The molecule has 0 unspecified atom stereocenters. The van der Waals surface area contributed by atoms with E-state index in [-0.39, 0.29) is 54.9 Å². The molecule has 9 heteroatoms. The zero-order valence-corrected chi connectivity index (χ0v) is 18.9. The lowest BCUT2D eigenvalue weighted by atomic mass is 10.0. The van der Waals surface area contributed by atoms with Gasteiger partial charge in [0.2, 0.25) is 5.91 Å². The molecule has 3 rings (SSSR count). The molecule has 0 spiro atoms. The van der Waals surface area contributed by atoms with Crippen molar-refractivity contribution >= 4 is 35.7 Å². The highest BCUT2D eigenvalue weighted by Crippen LogP contribution is 2.31. The maximum absolute atomic E-state index is 12.7. The van der Waals surface area contributed by atoms with Crippen molar-refractivity contribution in [2.45, 2.75) is 45.2 Å². The van der Waals surface area contributed by atoms with Gasteiger partial charge >= 0.3 is 0 Å². The van der Waals surface area contributed by atoms with Crippen LogP contribution in [0.5, 0.6) is 5.75 Å². The highest BCUT2D eigenvalue weighted by atomic mass is 35.5. The second-order valence-electron chi connectivity index (χ2n) is 7.85. The number of amidine groups is 1. The average Bonchev–Trinajstić information content (AvgIpc) is 3.28. The fraction of sp³-hybridized carbons (Fsp3) is 0.348. The number of phenolic OH excluding ortho intramolecular Hbond substituents is 1. The first-order chi connectivity index (χ1) is 14.8. The summed E-state index contributed by atoms with van der Waals surface area (Å²) >= 11 is 0. The number of benzene rings is 2. The third-order valence-electron chi connectivity index (χ3n) is 5.68. The number of halogens is 1. The van der Waals surface area contributed by atoms with Crippen molar-refractivity contribution in [1.82, 2.24) is 5.32 Å². The van der Waals surface area contributed by atoms with E-state index in [1.165, 1.54) is 6.07 Å². The SMILES string of the molecule is Cc1cc(C(=O)NCc2cc(C(=N)N)ccc2O)ccc1N(C(=O)CN)C1CCCC1.Cl. The van der Waals surface area contributed by atoms with Crippen LogP contribution in [0.2, 0.25) is 0 Å². The van der Waals surface area contributed by atoms with Gasteiger partial charge in [0, 0.05) is 35.0 Å². The maximum Gasteiger partial charge on any atom is 0.251 e. The quantitative estimate of drug-likeness (QED) is 0.319. The number of nitrogens with two attached hydrogens (primary N) is 2. The lowest BCUT2D eigenvalue weighted by Gasteiger charge is -2.30. The summed E-state index contributed by atoms with van der Waals surface area (Å²) in [4.78, 5) is 27.0. The van der Waals surface area contributed by atoms with Gasteiger partial charge in [0.15, 0.2) is 0 Å². The van der Waals surface area contributed by atoms with Crippen LogP contribution in [-0.4, -0.2) is 35.3 Å². The van der Waals surface area contributed by atoms with Gasteiger partial charge in [-0.25, -0.2) is 0 Å². The molecule has 0 saturated heterocycles. The van der Waals surface area contributed by atoms with Crippen molar-refractivity contribution in [1.29, 1.82) is 5.41 Å². The number of hydrogen-bond acceptors (Lipinski definition) is 5. The Kier molecular flexibility index (Phi) is 8.63. The van der Waals surface area contributed by atoms with E-state index >= 15 is 0 Å². The Balaban J connectivity index is 0.00000363. The molecular weight excluding hydrogens is 430 g/mol. The summed E-state index contributed by atoms with van der Waals surface area (Å²) in [7, 11) is 0. The molecule has 2 aromatic carbocycles. The molecule has 32 heavy (non-hydrogen) atoms. The summed E-state index contributed by atoms with van der Waals surface area (Å²) in [5, 5.41) is 20.3. The predicted molar refractivity (Wildman–Crippen MR) is 128 cm³/mol. The molecule has 172 valence electrons. The summed E-state index contributed by atoms with van der Waals surface area (Å²) in [5.74, 6) is -0.519. The van der Waals surface area contributed by atoms with E-state index in [0.29, 0.717) is 16.7 Å². The van der Waals surface area contributed by atoms with Crippen molar-refractivity contribution in [2.24, 2.45) is 11.5 Å². The van der Waals surface area contributed by atoms with E-state index in [9.17, 15) is 14.7 Å². The van der Waals surface area contributed by atoms with Gasteiger partial charge in [-0.3, -0.25) is 15.0 Å². The smallest absolute Gasteiger partial charge is 0.251 e. The number of hydrogen-bond donors (Lipinski definition) is 5. The fourth-order valence-corrected chi connectivity index (χ4v) is 4.03. The minimum atomic E-state index is -0.306. The van der Waals surface area contributed by atoms with E-state index in [1.54, 1.807) is 35.2 Å². The zero-order valence-electron chi connectivity index (χ0n) is 18.1. The number of anilines is 1. The molecule has 0 aromatic heterocycles. The number of nitrogen functional groups attached to an aromatic ring is 1. The van der Waals surface area contributed by atoms with Crippen molar-refractivity contribution in [3.05, 3.63) is 58.7 Å². The number of carbonyl (C=O) groups excluding carboxylic acids is 2. The Morgan fingerprint density at radius 2 is 1.81 bits per heavy atom. The largest absolute Gasteiger partial charge is 0.508 e. The molecule has 1 aliphatic carbocycles. The lowest BCUT2D eigenvalue weighted by Crippen LogP contribution is -2.43. The van der Waals surface area contributed by atoms with E-state index in [4.69, 9.17) is 16.9 Å². The molecule has 1 aliphatic rings. The first kappa shape index (κ1) is 25.2. The highest BCUT2D eigenvalue weighted by Gasteiger charge is 2.28. The van der Waals surface area contributed by atoms with E-state index in [1.807, 2.05) is 6.92 Å². The minimum absolute atomic E-state index is 0. The second kappa shape index (κ2) is 11.0. The summed E-state index contributed by atoms with van der Waals surface area (Å²) in [6.45, 7) is 1.91. The van der Waals surface area contributed by atoms with Gasteiger partial charge in [0.25, 0.3) is 5.91 Å². The van der Waals surface area contributed by atoms with Crippen LogP contribution in [0.3, 0.4) is 0 Å². The molecule has 0 atom stereocenters. The number of nitrogens with one attached hydrogen (secondary N) is 2. The first-order valence-corrected chi connectivity index (χ1v) is 10.4. The number of aryl methyl sites for hydroxylation is 1. The highest BCUT2D eigenvalue weighted by molar-refractivity contribution is 5.98. The Morgan fingerprint density at radius 3 is 2.41 bits per heavy atom. The molecule has 7 N–H and O–H groups in total. The molecule has 0 heterocycles. The Bertz CT molecular complexity index is 1010. The standard InChI is InChI=1S/C23H29N5O3.ClH/c1-14-10-16(6-8-19(14)28(21(30)12-24)18-4-2-3-5-18)23(31)27-13-17-11-15(22(25)26)7-9-20(17)29;/h6-11,18,29H,2-5,12-13,24H2,1H3,(H3,25,26)(H,27,31);1H. The topological polar surface area (TPSA) is 146 Å². The van der Waals surface area contributed by atoms with Gasteiger partial charge in [0.05, 0.1) is 6.54 Å². The molecular formula is C23H30ClN5O3. The Hall–Kier alpha value is -3.10. The van der Waals surface area contributed by atoms with Crippen molar-refractivity contribution in [3.63, 3.8) is 0 Å². The summed E-state index contributed by atoms with van der Waals surface area (Å²) in [5.41, 5.74) is 14.1. The van der Waals surface area contributed by atoms with Crippen LogP contribution in [0.25, 0.3) is 0 Å². The molecule has 0 radical (unpaired) electrons. The molecule has 1 fully saturated rings. The third kappa shape index (κ3) is 5.57. The summed E-state index contributed by atoms with van der Waals surface area (Å²) in [6, 6.07) is 9.95. The monoisotopic (exact) mass is 459 g/mol. The van der Waals surface area contributed by atoms with Crippen LogP contribution in [0.15, 0.2) is 36.4 Å². The molecule has 8 nitrogen and oxygen atoms in total. The van der Waals surface area contributed by atoms with Gasteiger partial charge in [-0.05, 0) is 61.7 Å². The fourth-order valence-electron chi connectivity index (χ4n) is 4.03. The van der Waals surface area contributed by atoms with E-state index < -0.39 is 0 Å². The summed E-state index contributed by atoms with van der Waals surface area (Å²) in [6.07, 6.45) is 4.10. The van der Waals surface area contributed by atoms with Gasteiger partial charge in [-0.15, -0.1) is 12.4 Å². The third-order valence-corrected chi connectivity index (χ3v) is 5.68. The molecule has 2 aromatic rings. The van der Waals surface area contributed by atoms with Crippen LogP contribution in [0.1, 0.15) is 52.7 Å². The summed E-state index contributed by atoms with van der Waals surface area (Å²) < 4.78 is 0.